The average molecular weight is 207 g/mol. The zero-order valence-electron chi connectivity index (χ0n) is 10.4. The van der Waals surface area contributed by atoms with Gasteiger partial charge in [-0.05, 0) is 34.6 Å². The lowest BCUT2D eigenvalue weighted by Crippen LogP contribution is -2.39. The van der Waals surface area contributed by atoms with Crippen LogP contribution in [0.25, 0.3) is 0 Å². The molecule has 15 heavy (non-hydrogen) atoms. The molecule has 0 radical (unpaired) electrons. The van der Waals surface area contributed by atoms with Crippen molar-refractivity contribution in [3.63, 3.8) is 0 Å². The molecule has 1 unspecified atom stereocenters. The van der Waals surface area contributed by atoms with Gasteiger partial charge in [-0.1, -0.05) is 0 Å². The zero-order chi connectivity index (χ0) is 11.2. The van der Waals surface area contributed by atoms with Crippen molar-refractivity contribution in [3.05, 3.63) is 17.5 Å². The molecule has 84 valence electrons. The highest BCUT2D eigenvalue weighted by atomic mass is 15.3. The van der Waals surface area contributed by atoms with Gasteiger partial charge in [-0.2, -0.15) is 5.10 Å². The lowest BCUT2D eigenvalue weighted by atomic mass is 10.1. The second-order valence-corrected chi connectivity index (χ2v) is 5.37. The van der Waals surface area contributed by atoms with Gasteiger partial charge in [0.1, 0.15) is 0 Å². The molecule has 0 aliphatic carbocycles. The number of nitrogens with zero attached hydrogens (tertiary/aromatic N) is 3. The number of rotatable bonds is 1. The Labute approximate surface area is 92.1 Å². The van der Waals surface area contributed by atoms with Crippen LogP contribution in [0.1, 0.15) is 51.9 Å². The first kappa shape index (κ1) is 10.7. The summed E-state index contributed by atoms with van der Waals surface area (Å²) in [6.45, 7) is 13.2. The summed E-state index contributed by atoms with van der Waals surface area (Å²) in [5.74, 6) is 0. The maximum absolute atomic E-state index is 4.63. The molecule has 0 N–H and O–H groups in total. The van der Waals surface area contributed by atoms with Gasteiger partial charge in [0.15, 0.2) is 0 Å². The minimum Gasteiger partial charge on any atom is -0.286 e. The van der Waals surface area contributed by atoms with Crippen LogP contribution in [0.5, 0.6) is 0 Å². The molecule has 0 spiro atoms. The van der Waals surface area contributed by atoms with Crippen LogP contribution in [0.3, 0.4) is 0 Å². The Kier molecular flexibility index (Phi) is 2.38. The Morgan fingerprint density at radius 1 is 1.47 bits per heavy atom. The number of aryl methyl sites for hydroxylation is 1. The highest BCUT2D eigenvalue weighted by molar-refractivity contribution is 5.26. The van der Waals surface area contributed by atoms with Crippen LogP contribution in [-0.2, 0) is 13.1 Å². The molecular formula is C12H21N3. The Hall–Kier alpha value is -0.830. The van der Waals surface area contributed by atoms with E-state index in [0.717, 1.165) is 13.1 Å². The third-order valence-corrected chi connectivity index (χ3v) is 3.26. The van der Waals surface area contributed by atoms with Gasteiger partial charge in [0.2, 0.25) is 0 Å². The van der Waals surface area contributed by atoms with E-state index in [4.69, 9.17) is 0 Å². The summed E-state index contributed by atoms with van der Waals surface area (Å²) in [6.07, 6.45) is 2.19. The molecule has 1 atom stereocenters. The van der Waals surface area contributed by atoms with Crippen molar-refractivity contribution < 1.29 is 0 Å². The van der Waals surface area contributed by atoms with Crippen LogP contribution in [-0.4, -0.2) is 20.2 Å². The van der Waals surface area contributed by atoms with Crippen molar-refractivity contribution in [1.82, 2.24) is 14.7 Å². The number of fused-ring (bicyclic) bond motifs is 1. The molecule has 3 nitrogen and oxygen atoms in total. The molecule has 1 aromatic rings. The van der Waals surface area contributed by atoms with Gasteiger partial charge in [0.25, 0.3) is 0 Å². The van der Waals surface area contributed by atoms with E-state index in [1.165, 1.54) is 11.3 Å². The SMILES string of the molecule is CCn1cc2c(n1)C(C)N(C(C)(C)C)C2. The Morgan fingerprint density at radius 2 is 2.13 bits per heavy atom. The summed E-state index contributed by atoms with van der Waals surface area (Å²) in [6, 6.07) is 0.452. The summed E-state index contributed by atoms with van der Waals surface area (Å²) in [4.78, 5) is 2.50. The van der Waals surface area contributed by atoms with Gasteiger partial charge in [-0.3, -0.25) is 9.58 Å². The fourth-order valence-corrected chi connectivity index (χ4v) is 2.40. The van der Waals surface area contributed by atoms with Crippen LogP contribution < -0.4 is 0 Å². The predicted octanol–water partition coefficient (Wildman–Crippen LogP) is 2.58. The van der Waals surface area contributed by atoms with Crippen molar-refractivity contribution >= 4 is 0 Å². The maximum Gasteiger partial charge on any atom is 0.0838 e. The van der Waals surface area contributed by atoms with Crippen LogP contribution in [0, 0.1) is 0 Å². The normalized spacial score (nSPS) is 22.1. The first-order valence-corrected chi connectivity index (χ1v) is 5.76. The largest absolute Gasteiger partial charge is 0.286 e. The van der Waals surface area contributed by atoms with Crippen LogP contribution >= 0.6 is 0 Å². The highest BCUT2D eigenvalue weighted by Gasteiger charge is 2.36. The Balaban J connectivity index is 2.28. The molecule has 0 fully saturated rings. The maximum atomic E-state index is 4.63. The van der Waals surface area contributed by atoms with Crippen molar-refractivity contribution in [3.8, 4) is 0 Å². The minimum absolute atomic E-state index is 0.226. The first-order chi connectivity index (χ1) is 6.93. The third kappa shape index (κ3) is 1.69. The van der Waals surface area contributed by atoms with Crippen molar-refractivity contribution in [2.24, 2.45) is 0 Å². The summed E-state index contributed by atoms with van der Waals surface area (Å²) >= 11 is 0. The van der Waals surface area contributed by atoms with Gasteiger partial charge >= 0.3 is 0 Å². The van der Waals surface area contributed by atoms with Crippen molar-refractivity contribution in [2.45, 2.75) is 59.3 Å². The zero-order valence-corrected chi connectivity index (χ0v) is 10.4. The van der Waals surface area contributed by atoms with Gasteiger partial charge in [0, 0.05) is 30.4 Å². The van der Waals surface area contributed by atoms with E-state index in [-0.39, 0.29) is 5.54 Å². The van der Waals surface area contributed by atoms with Gasteiger partial charge < -0.3 is 0 Å². The lowest BCUT2D eigenvalue weighted by Gasteiger charge is -2.35. The van der Waals surface area contributed by atoms with Crippen LogP contribution in [0.2, 0.25) is 0 Å². The van der Waals surface area contributed by atoms with E-state index >= 15 is 0 Å². The van der Waals surface area contributed by atoms with E-state index in [1.54, 1.807) is 0 Å². The molecule has 1 aliphatic heterocycles. The second-order valence-electron chi connectivity index (χ2n) is 5.37. The standard InChI is InChI=1S/C12H21N3/c1-6-14-7-10-8-15(12(3,4)5)9(2)11(10)13-14/h7,9H,6,8H2,1-5H3. The third-order valence-electron chi connectivity index (χ3n) is 3.26. The highest BCUT2D eigenvalue weighted by Crippen LogP contribution is 2.37. The molecular weight excluding hydrogens is 186 g/mol. The summed E-state index contributed by atoms with van der Waals surface area (Å²) in [5, 5.41) is 4.63. The topological polar surface area (TPSA) is 21.1 Å². The van der Waals surface area contributed by atoms with Crippen molar-refractivity contribution in [1.29, 1.82) is 0 Å². The van der Waals surface area contributed by atoms with E-state index in [9.17, 15) is 0 Å². The van der Waals surface area contributed by atoms with E-state index in [2.05, 4.69) is 50.8 Å². The fourth-order valence-electron chi connectivity index (χ4n) is 2.40. The summed E-state index contributed by atoms with van der Waals surface area (Å²) in [7, 11) is 0. The monoisotopic (exact) mass is 207 g/mol. The molecule has 0 saturated heterocycles. The fraction of sp³-hybridized carbons (Fsp3) is 0.750. The number of hydrogen-bond acceptors (Lipinski definition) is 2. The first-order valence-electron chi connectivity index (χ1n) is 5.76. The molecule has 0 amide bonds. The minimum atomic E-state index is 0.226. The predicted molar refractivity (Wildman–Crippen MR) is 61.6 cm³/mol. The quantitative estimate of drug-likeness (QED) is 0.705. The Morgan fingerprint density at radius 3 is 2.60 bits per heavy atom. The molecule has 2 rings (SSSR count). The molecule has 2 heterocycles. The summed E-state index contributed by atoms with van der Waals surface area (Å²) in [5.41, 5.74) is 2.90. The lowest BCUT2D eigenvalue weighted by molar-refractivity contribution is 0.0972. The van der Waals surface area contributed by atoms with Crippen LogP contribution in [0.15, 0.2) is 6.20 Å². The summed E-state index contributed by atoms with van der Waals surface area (Å²) < 4.78 is 2.04. The molecule has 1 aromatic heterocycles. The van der Waals surface area contributed by atoms with E-state index < -0.39 is 0 Å². The van der Waals surface area contributed by atoms with Gasteiger partial charge in [0.05, 0.1) is 11.7 Å². The second kappa shape index (κ2) is 3.34. The molecule has 1 aliphatic rings. The van der Waals surface area contributed by atoms with Crippen molar-refractivity contribution in [2.75, 3.05) is 0 Å². The molecule has 0 saturated carbocycles. The van der Waals surface area contributed by atoms with Gasteiger partial charge in [-0.15, -0.1) is 0 Å². The Bertz CT molecular complexity index is 359. The smallest absolute Gasteiger partial charge is 0.0838 e. The van der Waals surface area contributed by atoms with Gasteiger partial charge in [-0.25, -0.2) is 0 Å². The number of hydrogen-bond donors (Lipinski definition) is 0. The van der Waals surface area contributed by atoms with Crippen LogP contribution in [0.4, 0.5) is 0 Å². The van der Waals surface area contributed by atoms with E-state index in [0.29, 0.717) is 6.04 Å². The molecule has 0 aromatic carbocycles. The average Bonchev–Trinajstić information content (AvgIpc) is 2.64. The van der Waals surface area contributed by atoms with E-state index in [1.807, 2.05) is 4.68 Å². The molecule has 0 bridgehead atoms. The molecule has 3 heteroatoms. The number of aromatic nitrogens is 2.